The van der Waals surface area contributed by atoms with Gasteiger partial charge in [0, 0.05) is 43.6 Å². The van der Waals surface area contributed by atoms with Gasteiger partial charge in [0.1, 0.15) is 0 Å². The molecule has 2 aromatic heterocycles. The molecule has 0 amide bonds. The Balaban J connectivity index is 0.000000379. The molecule has 0 spiro atoms. The number of aliphatic carboxylic acids is 3. The Kier molecular flexibility index (Phi) is 14.4. The van der Waals surface area contributed by atoms with Gasteiger partial charge >= 0.3 is 36.4 Å². The topological polar surface area (TPSA) is 159 Å². The first-order chi connectivity index (χ1) is 20.2. The normalized spacial score (nSPS) is 19.6. The molecular formula is C24H24F9N3O8. The standard InChI is InChI=1S/C18H21N3O2.3C2HF3O2/c1-2-7-20-15(5-1)11-23-18-10-21(17-13-22-12-16(17)18)9-14-4-3-6-19-8-14;3*3-2(4,5)1(6)7/h1-8,16-18H,9-13H2;3*(H,6,7)/t16-,17+,18+;;;/m0.../s1. The lowest BCUT2D eigenvalue weighted by atomic mass is 10.0. The monoisotopic (exact) mass is 653 g/mol. The molecular weight excluding hydrogens is 629 g/mol. The first kappa shape index (κ1) is 38.0. The lowest BCUT2D eigenvalue weighted by Gasteiger charge is -2.21. The summed E-state index contributed by atoms with van der Waals surface area (Å²) in [6.07, 6.45) is -9.48. The van der Waals surface area contributed by atoms with Gasteiger partial charge in [-0.05, 0) is 23.8 Å². The Hall–Kier alpha value is -4.04. The molecule has 3 atom stereocenters. The zero-order valence-electron chi connectivity index (χ0n) is 22.0. The molecule has 2 saturated heterocycles. The number of halogens is 9. The molecule has 0 unspecified atom stereocenters. The third-order valence-electron chi connectivity index (χ3n) is 5.46. The molecule has 0 aromatic carbocycles. The number of rotatable bonds is 5. The second kappa shape index (κ2) is 16.7. The molecule has 4 rings (SSSR count). The first-order valence-corrected chi connectivity index (χ1v) is 11.9. The molecule has 44 heavy (non-hydrogen) atoms. The lowest BCUT2D eigenvalue weighted by molar-refractivity contribution is -0.193. The van der Waals surface area contributed by atoms with Crippen molar-refractivity contribution >= 4 is 17.9 Å². The number of carbonyl (C=O) groups is 3. The fourth-order valence-corrected chi connectivity index (χ4v) is 3.55. The predicted octanol–water partition coefficient (Wildman–Crippen LogP) is 3.79. The van der Waals surface area contributed by atoms with Crippen molar-refractivity contribution in [3.63, 3.8) is 0 Å². The average Bonchev–Trinajstić information content (AvgIpc) is 3.52. The first-order valence-electron chi connectivity index (χ1n) is 11.9. The fourth-order valence-electron chi connectivity index (χ4n) is 3.55. The van der Waals surface area contributed by atoms with Crippen LogP contribution in [0.1, 0.15) is 11.3 Å². The summed E-state index contributed by atoms with van der Waals surface area (Å²) in [5.41, 5.74) is 2.22. The van der Waals surface area contributed by atoms with Crippen LogP contribution in [0.3, 0.4) is 0 Å². The van der Waals surface area contributed by atoms with Crippen LogP contribution in [0.4, 0.5) is 39.5 Å². The van der Waals surface area contributed by atoms with Crippen molar-refractivity contribution in [2.75, 3.05) is 19.8 Å². The van der Waals surface area contributed by atoms with E-state index in [2.05, 4.69) is 20.9 Å². The molecule has 0 saturated carbocycles. The van der Waals surface area contributed by atoms with Crippen molar-refractivity contribution in [2.45, 2.75) is 43.8 Å². The van der Waals surface area contributed by atoms with Crippen LogP contribution in [0.25, 0.3) is 0 Å². The minimum atomic E-state index is -5.08. The van der Waals surface area contributed by atoms with Crippen molar-refractivity contribution in [3.8, 4) is 0 Å². The van der Waals surface area contributed by atoms with Crippen molar-refractivity contribution in [1.29, 1.82) is 0 Å². The minimum absolute atomic E-state index is 0.209. The van der Waals surface area contributed by atoms with Crippen molar-refractivity contribution in [3.05, 3.63) is 60.2 Å². The van der Waals surface area contributed by atoms with Crippen LogP contribution >= 0.6 is 0 Å². The van der Waals surface area contributed by atoms with Gasteiger partial charge in [-0.15, -0.1) is 0 Å². The van der Waals surface area contributed by atoms with Gasteiger partial charge in [0.2, 0.25) is 0 Å². The van der Waals surface area contributed by atoms with E-state index in [1.165, 1.54) is 5.56 Å². The van der Waals surface area contributed by atoms with E-state index in [-0.39, 0.29) is 6.10 Å². The maximum absolute atomic E-state index is 10.6. The van der Waals surface area contributed by atoms with E-state index in [4.69, 9.17) is 39.2 Å². The molecule has 4 heterocycles. The van der Waals surface area contributed by atoms with E-state index in [0.717, 1.165) is 32.0 Å². The molecule has 2 aliphatic heterocycles. The molecule has 0 aliphatic carbocycles. The molecule has 20 heteroatoms. The molecule has 11 nitrogen and oxygen atoms in total. The molecule has 3 N–H and O–H groups in total. The lowest BCUT2D eigenvalue weighted by Crippen LogP contribution is -2.32. The molecule has 0 radical (unpaired) electrons. The third kappa shape index (κ3) is 14.0. The number of pyridine rings is 2. The number of alkyl halides is 9. The van der Waals surface area contributed by atoms with Gasteiger partial charge in [-0.25, -0.2) is 14.4 Å². The zero-order chi connectivity index (χ0) is 33.7. The number of hydrogen-bond donors (Lipinski definition) is 3. The fraction of sp³-hybridized carbons (Fsp3) is 0.458. The molecule has 246 valence electrons. The SMILES string of the molecule is O=C(O)C(F)(F)F.O=C(O)C(F)(F)F.O=C(O)C(F)(F)F.c1ccc(CO[C@@H]2CN(Cc3cccnc3)[C@@H]3COC[C@@H]32)nc1. The Labute approximate surface area is 241 Å². The van der Waals surface area contributed by atoms with Crippen LogP contribution < -0.4 is 0 Å². The van der Waals surface area contributed by atoms with Crippen molar-refractivity contribution in [2.24, 2.45) is 5.92 Å². The summed E-state index contributed by atoms with van der Waals surface area (Å²) in [5.74, 6) is -7.82. The van der Waals surface area contributed by atoms with Crippen LogP contribution in [0.2, 0.25) is 0 Å². The Morgan fingerprint density at radius 2 is 1.39 bits per heavy atom. The quantitative estimate of drug-likeness (QED) is 0.403. The number of likely N-dealkylation sites (tertiary alicyclic amines) is 1. The number of ether oxygens (including phenoxy) is 2. The van der Waals surface area contributed by atoms with Crippen molar-refractivity contribution in [1.82, 2.24) is 14.9 Å². The van der Waals surface area contributed by atoms with Crippen LogP contribution in [0.15, 0.2) is 48.9 Å². The summed E-state index contributed by atoms with van der Waals surface area (Å²) in [6, 6.07) is 10.5. The summed E-state index contributed by atoms with van der Waals surface area (Å²) in [7, 11) is 0. The minimum Gasteiger partial charge on any atom is -0.475 e. The largest absolute Gasteiger partial charge is 0.490 e. The second-order valence-corrected chi connectivity index (χ2v) is 8.64. The number of carboxylic acids is 3. The highest BCUT2D eigenvalue weighted by atomic mass is 19.4. The van der Waals surface area contributed by atoms with E-state index in [1.807, 2.05) is 42.9 Å². The number of nitrogens with zero attached hydrogens (tertiary/aromatic N) is 3. The third-order valence-corrected chi connectivity index (χ3v) is 5.46. The van der Waals surface area contributed by atoms with E-state index >= 15 is 0 Å². The number of carboxylic acid groups (broad SMARTS) is 3. The Morgan fingerprint density at radius 3 is 1.82 bits per heavy atom. The van der Waals surface area contributed by atoms with Crippen LogP contribution in [-0.4, -0.2) is 98.5 Å². The average molecular weight is 653 g/mol. The maximum atomic E-state index is 10.6. The number of hydrogen-bond acceptors (Lipinski definition) is 8. The highest BCUT2D eigenvalue weighted by molar-refractivity contribution is 5.73. The van der Waals surface area contributed by atoms with Gasteiger partial charge in [-0.2, -0.15) is 39.5 Å². The van der Waals surface area contributed by atoms with Gasteiger partial charge in [0.25, 0.3) is 0 Å². The van der Waals surface area contributed by atoms with E-state index < -0.39 is 36.4 Å². The van der Waals surface area contributed by atoms with Gasteiger partial charge in [0.05, 0.1) is 31.6 Å². The van der Waals surface area contributed by atoms with Gasteiger partial charge in [-0.1, -0.05) is 12.1 Å². The zero-order valence-corrected chi connectivity index (χ0v) is 22.0. The smallest absolute Gasteiger partial charge is 0.475 e. The van der Waals surface area contributed by atoms with Crippen LogP contribution in [0, 0.1) is 5.92 Å². The predicted molar refractivity (Wildman–Crippen MR) is 127 cm³/mol. The molecule has 0 bridgehead atoms. The van der Waals surface area contributed by atoms with Crippen LogP contribution in [0.5, 0.6) is 0 Å². The van der Waals surface area contributed by atoms with E-state index in [1.54, 1.807) is 0 Å². The summed E-state index contributed by atoms with van der Waals surface area (Å²) in [5, 5.41) is 21.4. The summed E-state index contributed by atoms with van der Waals surface area (Å²) in [4.78, 5) is 37.7. The Morgan fingerprint density at radius 1 is 0.841 bits per heavy atom. The number of fused-ring (bicyclic) bond motifs is 1. The van der Waals surface area contributed by atoms with Crippen LogP contribution in [-0.2, 0) is 37.0 Å². The Bertz CT molecular complexity index is 1130. The maximum Gasteiger partial charge on any atom is 0.490 e. The summed E-state index contributed by atoms with van der Waals surface area (Å²) >= 11 is 0. The van der Waals surface area contributed by atoms with Gasteiger partial charge < -0.3 is 24.8 Å². The molecule has 2 aliphatic rings. The molecule has 2 fully saturated rings. The highest BCUT2D eigenvalue weighted by Gasteiger charge is 2.46. The van der Waals surface area contributed by atoms with Gasteiger partial charge in [0.15, 0.2) is 0 Å². The summed E-state index contributed by atoms with van der Waals surface area (Å²) in [6.45, 7) is 4.01. The number of aromatic nitrogens is 2. The second-order valence-electron chi connectivity index (χ2n) is 8.64. The van der Waals surface area contributed by atoms with Crippen molar-refractivity contribution < 1.29 is 78.7 Å². The van der Waals surface area contributed by atoms with E-state index in [0.29, 0.717) is 18.6 Å². The van der Waals surface area contributed by atoms with Gasteiger partial charge in [-0.3, -0.25) is 14.9 Å². The summed E-state index contributed by atoms with van der Waals surface area (Å²) < 4.78 is 107. The van der Waals surface area contributed by atoms with E-state index in [9.17, 15) is 39.5 Å². The molecule has 2 aromatic rings. The highest BCUT2D eigenvalue weighted by Crippen LogP contribution is 2.33.